The summed E-state index contributed by atoms with van der Waals surface area (Å²) in [4.78, 5) is 13.3. The van der Waals surface area contributed by atoms with Crippen molar-refractivity contribution >= 4 is 11.8 Å². The van der Waals surface area contributed by atoms with Crippen LogP contribution in [-0.2, 0) is 4.74 Å². The van der Waals surface area contributed by atoms with Gasteiger partial charge in [0.05, 0.1) is 13.2 Å². The van der Waals surface area contributed by atoms with E-state index >= 15 is 0 Å². The van der Waals surface area contributed by atoms with Gasteiger partial charge in [-0.3, -0.25) is 4.90 Å². The molecule has 4 nitrogen and oxygen atoms in total. The van der Waals surface area contributed by atoms with Crippen molar-refractivity contribution < 1.29 is 23.0 Å². The highest BCUT2D eigenvalue weighted by molar-refractivity contribution is 5.89. The summed E-state index contributed by atoms with van der Waals surface area (Å²) in [5.41, 5.74) is 0.596. The van der Waals surface area contributed by atoms with Crippen LogP contribution in [0.1, 0.15) is 6.42 Å². The van der Waals surface area contributed by atoms with Gasteiger partial charge in [-0.25, -0.2) is 13.6 Å². The molecule has 23 heavy (non-hydrogen) atoms. The molecule has 1 aliphatic rings. The van der Waals surface area contributed by atoms with E-state index in [9.17, 15) is 13.6 Å². The van der Waals surface area contributed by atoms with Crippen LogP contribution in [0.25, 0.3) is 0 Å². The normalized spacial score (nSPS) is 17.2. The van der Waals surface area contributed by atoms with Crippen molar-refractivity contribution in [1.29, 1.82) is 0 Å². The van der Waals surface area contributed by atoms with E-state index in [4.69, 9.17) is 9.47 Å². The number of amides is 1. The highest BCUT2D eigenvalue weighted by Gasteiger charge is 2.32. The van der Waals surface area contributed by atoms with Crippen molar-refractivity contribution in [1.82, 2.24) is 0 Å². The van der Waals surface area contributed by atoms with E-state index in [0.29, 0.717) is 31.0 Å². The maximum Gasteiger partial charge on any atom is 0.414 e. The lowest BCUT2D eigenvalue weighted by Crippen LogP contribution is -2.24. The molecule has 6 heteroatoms. The van der Waals surface area contributed by atoms with Gasteiger partial charge in [-0.15, -0.1) is 0 Å². The fraction of sp³-hybridized carbons (Fsp3) is 0.235. The number of halogens is 2. The Balaban J connectivity index is 1.51. The maximum atomic E-state index is 12.9. The lowest BCUT2D eigenvalue weighted by Gasteiger charge is -2.12. The Kier molecular flexibility index (Phi) is 4.41. The number of cyclic esters (lactones) is 1. The molecule has 1 atom stereocenters. The molecule has 2 aromatic carbocycles. The molecule has 0 spiro atoms. The molecule has 0 aromatic heterocycles. The van der Waals surface area contributed by atoms with E-state index in [1.807, 2.05) is 0 Å². The third-order valence-electron chi connectivity index (χ3n) is 3.53. The van der Waals surface area contributed by atoms with Crippen LogP contribution in [0, 0.1) is 11.6 Å². The molecule has 2 aromatic rings. The van der Waals surface area contributed by atoms with Crippen LogP contribution in [-0.4, -0.2) is 25.3 Å². The molecule has 1 fully saturated rings. The predicted octanol–water partition coefficient (Wildman–Crippen LogP) is 3.76. The van der Waals surface area contributed by atoms with Crippen molar-refractivity contribution in [3.8, 4) is 5.75 Å². The third-order valence-corrected chi connectivity index (χ3v) is 3.53. The minimum atomic E-state index is -0.455. The zero-order chi connectivity index (χ0) is 16.2. The Morgan fingerprint density at radius 3 is 2.30 bits per heavy atom. The molecule has 1 saturated heterocycles. The first-order valence-corrected chi connectivity index (χ1v) is 7.24. The molecule has 0 radical (unpaired) electrons. The number of hydrogen-bond donors (Lipinski definition) is 0. The minimum absolute atomic E-state index is 0.298. The summed E-state index contributed by atoms with van der Waals surface area (Å²) in [6.07, 6.45) is -0.239. The minimum Gasteiger partial charge on any atom is -0.493 e. The number of hydrogen-bond acceptors (Lipinski definition) is 3. The number of rotatable bonds is 5. The lowest BCUT2D eigenvalue weighted by atomic mass is 10.2. The molecule has 120 valence electrons. The Morgan fingerprint density at radius 1 is 1.04 bits per heavy atom. The van der Waals surface area contributed by atoms with E-state index in [-0.39, 0.29) is 17.7 Å². The summed E-state index contributed by atoms with van der Waals surface area (Å²) >= 11 is 0. The van der Waals surface area contributed by atoms with Crippen molar-refractivity contribution in [2.45, 2.75) is 12.5 Å². The molecule has 1 unspecified atom stereocenters. The average molecular weight is 319 g/mol. The largest absolute Gasteiger partial charge is 0.493 e. The van der Waals surface area contributed by atoms with Gasteiger partial charge in [0, 0.05) is 12.1 Å². The number of nitrogens with zero attached hydrogens (tertiary/aromatic N) is 1. The fourth-order valence-corrected chi connectivity index (χ4v) is 2.34. The molecule has 0 aliphatic carbocycles. The SMILES string of the molecule is O=C1OC(CCOc2ccc(F)cc2)CN1c1ccc(F)cc1. The van der Waals surface area contributed by atoms with Crippen LogP contribution in [0.5, 0.6) is 5.75 Å². The summed E-state index contributed by atoms with van der Waals surface area (Å²) in [5, 5.41) is 0. The van der Waals surface area contributed by atoms with E-state index in [1.54, 1.807) is 12.1 Å². The Bertz CT molecular complexity index is 673. The van der Waals surface area contributed by atoms with Crippen molar-refractivity contribution in [2.24, 2.45) is 0 Å². The highest BCUT2D eigenvalue weighted by atomic mass is 19.1. The van der Waals surface area contributed by atoms with Crippen LogP contribution in [0.2, 0.25) is 0 Å². The first kappa shape index (κ1) is 15.3. The van der Waals surface area contributed by atoms with Crippen LogP contribution in [0.3, 0.4) is 0 Å². The van der Waals surface area contributed by atoms with Gasteiger partial charge in [-0.05, 0) is 48.5 Å². The molecular weight excluding hydrogens is 304 g/mol. The molecule has 1 aliphatic heterocycles. The Hall–Kier alpha value is -2.63. The Labute approximate surface area is 132 Å². The molecule has 1 heterocycles. The van der Waals surface area contributed by atoms with E-state index in [1.165, 1.54) is 41.3 Å². The molecule has 0 bridgehead atoms. The third kappa shape index (κ3) is 3.77. The monoisotopic (exact) mass is 319 g/mol. The smallest absolute Gasteiger partial charge is 0.414 e. The summed E-state index contributed by atoms with van der Waals surface area (Å²) in [6, 6.07) is 11.4. The summed E-state index contributed by atoms with van der Waals surface area (Å²) in [6.45, 7) is 0.734. The highest BCUT2D eigenvalue weighted by Crippen LogP contribution is 2.23. The lowest BCUT2D eigenvalue weighted by molar-refractivity contribution is 0.125. The predicted molar refractivity (Wildman–Crippen MR) is 80.5 cm³/mol. The van der Waals surface area contributed by atoms with Crippen molar-refractivity contribution in [3.63, 3.8) is 0 Å². The number of ether oxygens (including phenoxy) is 2. The average Bonchev–Trinajstić information content (AvgIpc) is 2.91. The summed E-state index contributed by atoms with van der Waals surface area (Å²) < 4.78 is 36.5. The number of benzene rings is 2. The van der Waals surface area contributed by atoms with Crippen molar-refractivity contribution in [3.05, 3.63) is 60.2 Å². The first-order chi connectivity index (χ1) is 11.1. The van der Waals surface area contributed by atoms with Gasteiger partial charge in [0.1, 0.15) is 23.5 Å². The van der Waals surface area contributed by atoms with Gasteiger partial charge in [-0.2, -0.15) is 0 Å². The van der Waals surface area contributed by atoms with Crippen molar-refractivity contribution in [2.75, 3.05) is 18.1 Å². The van der Waals surface area contributed by atoms with Crippen LogP contribution < -0.4 is 9.64 Å². The van der Waals surface area contributed by atoms with E-state index in [0.717, 1.165) is 0 Å². The van der Waals surface area contributed by atoms with Crippen LogP contribution in [0.4, 0.5) is 19.3 Å². The van der Waals surface area contributed by atoms with Gasteiger partial charge in [0.15, 0.2) is 0 Å². The second kappa shape index (κ2) is 6.64. The molecule has 0 saturated carbocycles. The Morgan fingerprint density at radius 2 is 1.65 bits per heavy atom. The van der Waals surface area contributed by atoms with E-state index < -0.39 is 6.09 Å². The number of carbonyl (C=O) groups excluding carboxylic acids is 1. The van der Waals surface area contributed by atoms with E-state index in [2.05, 4.69) is 0 Å². The van der Waals surface area contributed by atoms with Gasteiger partial charge in [-0.1, -0.05) is 0 Å². The standard InChI is InChI=1S/C17H15F2NO3/c18-12-1-5-14(6-2-12)20-11-16(23-17(20)21)9-10-22-15-7-3-13(19)4-8-15/h1-8,16H,9-11H2. The maximum absolute atomic E-state index is 12.9. The van der Waals surface area contributed by atoms with Gasteiger partial charge < -0.3 is 9.47 Å². The second-order valence-corrected chi connectivity index (χ2v) is 5.18. The number of carbonyl (C=O) groups is 1. The molecule has 1 amide bonds. The van der Waals surface area contributed by atoms with Crippen LogP contribution in [0.15, 0.2) is 48.5 Å². The van der Waals surface area contributed by atoms with Gasteiger partial charge >= 0.3 is 6.09 Å². The fourth-order valence-electron chi connectivity index (χ4n) is 2.34. The quantitative estimate of drug-likeness (QED) is 0.842. The first-order valence-electron chi connectivity index (χ1n) is 7.24. The molecule has 3 rings (SSSR count). The summed E-state index contributed by atoms with van der Waals surface area (Å²) in [7, 11) is 0. The zero-order valence-electron chi connectivity index (χ0n) is 12.2. The molecular formula is C17H15F2NO3. The zero-order valence-corrected chi connectivity index (χ0v) is 12.2. The number of anilines is 1. The summed E-state index contributed by atoms with van der Waals surface area (Å²) in [5.74, 6) is -0.117. The van der Waals surface area contributed by atoms with Gasteiger partial charge in [0.25, 0.3) is 0 Å². The van der Waals surface area contributed by atoms with Gasteiger partial charge in [0.2, 0.25) is 0 Å². The van der Waals surface area contributed by atoms with Crippen LogP contribution >= 0.6 is 0 Å². The topological polar surface area (TPSA) is 38.8 Å². The second-order valence-electron chi connectivity index (χ2n) is 5.18. The molecule has 0 N–H and O–H groups in total.